The number of benzene rings is 1. The van der Waals surface area contributed by atoms with Crippen molar-refractivity contribution in [3.63, 3.8) is 0 Å². The molecule has 18 heavy (non-hydrogen) atoms. The van der Waals surface area contributed by atoms with Crippen LogP contribution in [-0.4, -0.2) is 25.9 Å². The fraction of sp³-hybridized carbons (Fsp3) is 0.500. The Bertz CT molecular complexity index is 433. The van der Waals surface area contributed by atoms with Crippen LogP contribution in [0.1, 0.15) is 25.3 Å². The summed E-state index contributed by atoms with van der Waals surface area (Å²) in [7, 11) is 0. The van der Waals surface area contributed by atoms with Crippen molar-refractivity contribution >= 4 is 0 Å². The van der Waals surface area contributed by atoms with Crippen LogP contribution in [0.4, 0.5) is 0 Å². The van der Waals surface area contributed by atoms with Gasteiger partial charge in [0.1, 0.15) is 6.10 Å². The summed E-state index contributed by atoms with van der Waals surface area (Å²) in [6, 6.07) is 7.33. The van der Waals surface area contributed by atoms with Gasteiger partial charge in [0.25, 0.3) is 0 Å². The molecule has 0 bridgehead atoms. The van der Waals surface area contributed by atoms with Crippen molar-refractivity contribution in [3.8, 4) is 17.6 Å². The van der Waals surface area contributed by atoms with Crippen LogP contribution < -0.4 is 9.47 Å². The quantitative estimate of drug-likeness (QED) is 0.820. The third-order valence-corrected chi connectivity index (χ3v) is 2.78. The zero-order valence-electron chi connectivity index (χ0n) is 10.5. The third kappa shape index (κ3) is 3.14. The van der Waals surface area contributed by atoms with Crippen molar-refractivity contribution < 1.29 is 14.2 Å². The number of rotatable bonds is 4. The number of hydrogen-bond donors (Lipinski definition) is 0. The van der Waals surface area contributed by atoms with Crippen LogP contribution in [-0.2, 0) is 4.74 Å². The van der Waals surface area contributed by atoms with E-state index in [1.807, 2.05) is 6.92 Å². The molecule has 1 aromatic carbocycles. The van der Waals surface area contributed by atoms with Gasteiger partial charge >= 0.3 is 0 Å². The van der Waals surface area contributed by atoms with Crippen LogP contribution in [0.2, 0.25) is 0 Å². The lowest BCUT2D eigenvalue weighted by atomic mass is 10.1. The van der Waals surface area contributed by atoms with E-state index < -0.39 is 0 Å². The Morgan fingerprint density at radius 3 is 3.00 bits per heavy atom. The van der Waals surface area contributed by atoms with Crippen molar-refractivity contribution in [2.75, 3.05) is 19.8 Å². The highest BCUT2D eigenvalue weighted by atomic mass is 16.6. The van der Waals surface area contributed by atoms with Gasteiger partial charge in [-0.05, 0) is 31.9 Å². The van der Waals surface area contributed by atoms with Gasteiger partial charge in [-0.3, -0.25) is 0 Å². The van der Waals surface area contributed by atoms with E-state index >= 15 is 0 Å². The SMILES string of the molecule is CCOc1cc(C#N)ccc1OC1CCCOC1. The highest BCUT2D eigenvalue weighted by Crippen LogP contribution is 2.30. The fourth-order valence-electron chi connectivity index (χ4n) is 1.93. The maximum atomic E-state index is 8.88. The second kappa shape index (κ2) is 6.27. The summed E-state index contributed by atoms with van der Waals surface area (Å²) in [6.07, 6.45) is 2.09. The molecular weight excluding hydrogens is 230 g/mol. The Morgan fingerprint density at radius 1 is 1.44 bits per heavy atom. The highest BCUT2D eigenvalue weighted by Gasteiger charge is 2.17. The standard InChI is InChI=1S/C14H17NO3/c1-2-17-14-8-11(9-15)5-6-13(14)18-12-4-3-7-16-10-12/h5-6,8,12H,2-4,7,10H2,1H3. The second-order valence-electron chi connectivity index (χ2n) is 4.16. The average Bonchev–Trinajstić information content (AvgIpc) is 2.42. The van der Waals surface area contributed by atoms with Crippen molar-refractivity contribution in [3.05, 3.63) is 23.8 Å². The lowest BCUT2D eigenvalue weighted by molar-refractivity contribution is 0.00625. The van der Waals surface area contributed by atoms with Gasteiger partial charge in [-0.25, -0.2) is 0 Å². The molecular formula is C14H17NO3. The minimum absolute atomic E-state index is 0.0749. The second-order valence-corrected chi connectivity index (χ2v) is 4.16. The minimum atomic E-state index is 0.0749. The molecule has 4 heteroatoms. The Balaban J connectivity index is 2.12. The topological polar surface area (TPSA) is 51.5 Å². The van der Waals surface area contributed by atoms with E-state index in [4.69, 9.17) is 19.5 Å². The van der Waals surface area contributed by atoms with Gasteiger partial charge in [-0.1, -0.05) is 0 Å². The number of ether oxygens (including phenoxy) is 3. The molecule has 1 aliphatic heterocycles. The first-order valence-corrected chi connectivity index (χ1v) is 6.25. The summed E-state index contributed by atoms with van der Waals surface area (Å²) >= 11 is 0. The first kappa shape index (κ1) is 12.7. The minimum Gasteiger partial charge on any atom is -0.490 e. The van der Waals surface area contributed by atoms with Crippen LogP contribution in [0.5, 0.6) is 11.5 Å². The molecule has 1 fully saturated rings. The van der Waals surface area contributed by atoms with Crippen LogP contribution in [0.15, 0.2) is 18.2 Å². The molecule has 0 aliphatic carbocycles. The maximum Gasteiger partial charge on any atom is 0.162 e. The van der Waals surface area contributed by atoms with Crippen LogP contribution in [0, 0.1) is 11.3 Å². The molecule has 0 N–H and O–H groups in total. The average molecular weight is 247 g/mol. The van der Waals surface area contributed by atoms with E-state index in [-0.39, 0.29) is 6.10 Å². The summed E-state index contributed by atoms with van der Waals surface area (Å²) in [5.74, 6) is 1.31. The highest BCUT2D eigenvalue weighted by molar-refractivity contribution is 5.46. The van der Waals surface area contributed by atoms with Gasteiger partial charge in [0.05, 0.1) is 24.8 Å². The van der Waals surface area contributed by atoms with Gasteiger partial charge in [0.15, 0.2) is 11.5 Å². The van der Waals surface area contributed by atoms with Crippen LogP contribution in [0.25, 0.3) is 0 Å². The van der Waals surface area contributed by atoms with E-state index in [9.17, 15) is 0 Å². The summed E-state index contributed by atoms with van der Waals surface area (Å²) in [6.45, 7) is 3.88. The fourth-order valence-corrected chi connectivity index (χ4v) is 1.93. The summed E-state index contributed by atoms with van der Waals surface area (Å²) < 4.78 is 16.8. The van der Waals surface area contributed by atoms with E-state index in [0.29, 0.717) is 30.3 Å². The molecule has 2 rings (SSSR count). The molecule has 1 unspecified atom stereocenters. The van der Waals surface area contributed by atoms with Gasteiger partial charge < -0.3 is 14.2 Å². The number of nitriles is 1. The molecule has 1 heterocycles. The molecule has 0 radical (unpaired) electrons. The largest absolute Gasteiger partial charge is 0.490 e. The van der Waals surface area contributed by atoms with E-state index in [1.54, 1.807) is 18.2 Å². The van der Waals surface area contributed by atoms with E-state index in [0.717, 1.165) is 19.4 Å². The Labute approximate surface area is 107 Å². The molecule has 0 amide bonds. The van der Waals surface area contributed by atoms with E-state index in [2.05, 4.69) is 6.07 Å². The Morgan fingerprint density at radius 2 is 2.33 bits per heavy atom. The summed E-state index contributed by atoms with van der Waals surface area (Å²) in [5.41, 5.74) is 0.575. The molecule has 1 aliphatic rings. The normalized spacial score (nSPS) is 19.0. The molecule has 0 spiro atoms. The van der Waals surface area contributed by atoms with Crippen molar-refractivity contribution in [1.29, 1.82) is 5.26 Å². The van der Waals surface area contributed by atoms with Gasteiger partial charge in [-0.2, -0.15) is 5.26 Å². The first-order valence-electron chi connectivity index (χ1n) is 6.25. The van der Waals surface area contributed by atoms with Gasteiger partial charge in [0, 0.05) is 12.7 Å². The van der Waals surface area contributed by atoms with Crippen LogP contribution in [0.3, 0.4) is 0 Å². The molecule has 0 saturated carbocycles. The van der Waals surface area contributed by atoms with Gasteiger partial charge in [-0.15, -0.1) is 0 Å². The number of nitrogens with zero attached hydrogens (tertiary/aromatic N) is 1. The smallest absolute Gasteiger partial charge is 0.162 e. The van der Waals surface area contributed by atoms with Crippen molar-refractivity contribution in [1.82, 2.24) is 0 Å². The predicted molar refractivity (Wildman–Crippen MR) is 66.8 cm³/mol. The summed E-state index contributed by atoms with van der Waals surface area (Å²) in [4.78, 5) is 0. The molecule has 1 aromatic rings. The zero-order valence-corrected chi connectivity index (χ0v) is 10.5. The summed E-state index contributed by atoms with van der Waals surface area (Å²) in [5, 5.41) is 8.88. The monoisotopic (exact) mass is 247 g/mol. The lowest BCUT2D eigenvalue weighted by Gasteiger charge is -2.24. The van der Waals surface area contributed by atoms with E-state index in [1.165, 1.54) is 0 Å². The predicted octanol–water partition coefficient (Wildman–Crippen LogP) is 2.51. The maximum absolute atomic E-state index is 8.88. The molecule has 4 nitrogen and oxygen atoms in total. The zero-order chi connectivity index (χ0) is 12.8. The van der Waals surface area contributed by atoms with Crippen molar-refractivity contribution in [2.45, 2.75) is 25.9 Å². The Hall–Kier alpha value is -1.73. The van der Waals surface area contributed by atoms with Crippen molar-refractivity contribution in [2.24, 2.45) is 0 Å². The van der Waals surface area contributed by atoms with Gasteiger partial charge in [0.2, 0.25) is 0 Å². The van der Waals surface area contributed by atoms with Crippen LogP contribution >= 0.6 is 0 Å². The molecule has 1 atom stereocenters. The number of hydrogen-bond acceptors (Lipinski definition) is 4. The first-order chi connectivity index (χ1) is 8.83. The Kier molecular flexibility index (Phi) is 4.43. The lowest BCUT2D eigenvalue weighted by Crippen LogP contribution is -2.28. The molecule has 0 aromatic heterocycles. The third-order valence-electron chi connectivity index (χ3n) is 2.78. The molecule has 96 valence electrons. The molecule has 1 saturated heterocycles.